The number of hydrogen-bond acceptors (Lipinski definition) is 3. The van der Waals surface area contributed by atoms with Crippen LogP contribution in [0.3, 0.4) is 0 Å². The van der Waals surface area contributed by atoms with Gasteiger partial charge >= 0.3 is 6.03 Å². The number of hydrogen-bond donors (Lipinski definition) is 4. The van der Waals surface area contributed by atoms with Crippen LogP contribution in [0, 0.1) is 5.92 Å². The molecule has 0 aliphatic heterocycles. The Morgan fingerprint density at radius 1 is 1.13 bits per heavy atom. The number of amides is 3. The third-order valence-electron chi connectivity index (χ3n) is 3.46. The van der Waals surface area contributed by atoms with E-state index in [1.165, 1.54) is 5.56 Å². The molecule has 1 aromatic rings. The van der Waals surface area contributed by atoms with Crippen molar-refractivity contribution >= 4 is 11.9 Å². The lowest BCUT2D eigenvalue weighted by atomic mass is 10.0. The van der Waals surface area contributed by atoms with E-state index in [1.807, 2.05) is 32.0 Å². The van der Waals surface area contributed by atoms with Crippen LogP contribution in [0.25, 0.3) is 0 Å². The van der Waals surface area contributed by atoms with E-state index in [4.69, 9.17) is 5.21 Å². The predicted octanol–water partition coefficient (Wildman–Crippen LogP) is 2.23. The third-order valence-corrected chi connectivity index (χ3v) is 3.46. The maximum atomic E-state index is 11.8. The van der Waals surface area contributed by atoms with Gasteiger partial charge in [-0.15, -0.1) is 0 Å². The number of unbranched alkanes of at least 4 members (excludes halogenated alkanes) is 1. The highest BCUT2D eigenvalue weighted by molar-refractivity contribution is 5.86. The van der Waals surface area contributed by atoms with Gasteiger partial charge in [0.15, 0.2) is 0 Å². The third kappa shape index (κ3) is 8.21. The fraction of sp³-hybridized carbons (Fsp3) is 0.529. The first-order chi connectivity index (χ1) is 11.0. The summed E-state index contributed by atoms with van der Waals surface area (Å²) in [5.41, 5.74) is 2.87. The van der Waals surface area contributed by atoms with Crippen molar-refractivity contribution in [2.75, 3.05) is 6.54 Å². The van der Waals surface area contributed by atoms with Crippen molar-refractivity contribution in [2.45, 2.75) is 45.6 Å². The lowest BCUT2D eigenvalue weighted by Gasteiger charge is -2.18. The highest BCUT2D eigenvalue weighted by atomic mass is 16.5. The largest absolute Gasteiger partial charge is 0.338 e. The molecule has 0 spiro atoms. The van der Waals surface area contributed by atoms with Crippen molar-refractivity contribution in [3.63, 3.8) is 0 Å². The van der Waals surface area contributed by atoms with Crippen molar-refractivity contribution in [1.29, 1.82) is 0 Å². The Balaban J connectivity index is 2.23. The summed E-state index contributed by atoms with van der Waals surface area (Å²) < 4.78 is 0. The minimum atomic E-state index is -0.732. The first-order valence-electron chi connectivity index (χ1n) is 8.05. The van der Waals surface area contributed by atoms with Gasteiger partial charge in [-0.25, -0.2) is 10.3 Å². The van der Waals surface area contributed by atoms with E-state index in [-0.39, 0.29) is 11.9 Å². The van der Waals surface area contributed by atoms with E-state index in [9.17, 15) is 9.59 Å². The Kier molecular flexibility index (Phi) is 8.75. The zero-order chi connectivity index (χ0) is 17.1. The Labute approximate surface area is 137 Å². The van der Waals surface area contributed by atoms with E-state index >= 15 is 0 Å². The van der Waals surface area contributed by atoms with Crippen LogP contribution < -0.4 is 16.1 Å². The number of benzene rings is 1. The molecule has 0 aromatic heterocycles. The molecule has 0 heterocycles. The fourth-order valence-electron chi connectivity index (χ4n) is 2.29. The van der Waals surface area contributed by atoms with Gasteiger partial charge < -0.3 is 10.6 Å². The predicted molar refractivity (Wildman–Crippen MR) is 89.1 cm³/mol. The molecule has 6 nitrogen and oxygen atoms in total. The standard InChI is InChI=1S/C17H27N3O3/c1-13(2)12-15(16(21)20-23)19-17(22)18-11-7-6-10-14-8-4-3-5-9-14/h3-5,8-9,13,15,23H,6-7,10-12H2,1-2H3,(H,20,21)(H2,18,19,22)/t15-/m0/s1. The minimum absolute atomic E-state index is 0.225. The van der Waals surface area contributed by atoms with Crippen molar-refractivity contribution in [3.05, 3.63) is 35.9 Å². The van der Waals surface area contributed by atoms with Crippen molar-refractivity contribution < 1.29 is 14.8 Å². The van der Waals surface area contributed by atoms with Gasteiger partial charge in [-0.3, -0.25) is 10.0 Å². The number of urea groups is 1. The normalized spacial score (nSPS) is 11.8. The fourth-order valence-corrected chi connectivity index (χ4v) is 2.29. The second kappa shape index (κ2) is 10.6. The summed E-state index contributed by atoms with van der Waals surface area (Å²) in [7, 11) is 0. The highest BCUT2D eigenvalue weighted by Gasteiger charge is 2.21. The van der Waals surface area contributed by atoms with Crippen molar-refractivity contribution in [1.82, 2.24) is 16.1 Å². The van der Waals surface area contributed by atoms with Crippen LogP contribution in [0.2, 0.25) is 0 Å². The summed E-state index contributed by atoms with van der Waals surface area (Å²) in [5.74, 6) is -0.374. The van der Waals surface area contributed by atoms with Crippen LogP contribution >= 0.6 is 0 Å². The summed E-state index contributed by atoms with van der Waals surface area (Å²) >= 11 is 0. The van der Waals surface area contributed by atoms with Gasteiger partial charge in [0.1, 0.15) is 6.04 Å². The highest BCUT2D eigenvalue weighted by Crippen LogP contribution is 2.05. The van der Waals surface area contributed by atoms with Gasteiger partial charge in [-0.2, -0.15) is 0 Å². The minimum Gasteiger partial charge on any atom is -0.338 e. The number of carbonyl (C=O) groups excluding carboxylic acids is 2. The smallest absolute Gasteiger partial charge is 0.315 e. The second-order valence-electron chi connectivity index (χ2n) is 6.00. The molecule has 0 radical (unpaired) electrons. The molecule has 1 aromatic carbocycles. The van der Waals surface area contributed by atoms with E-state index in [1.54, 1.807) is 5.48 Å². The molecule has 0 bridgehead atoms. The summed E-state index contributed by atoms with van der Waals surface area (Å²) in [6.45, 7) is 4.44. The maximum absolute atomic E-state index is 11.8. The average Bonchev–Trinajstić information content (AvgIpc) is 2.53. The number of carbonyl (C=O) groups is 2. The van der Waals surface area contributed by atoms with Crippen molar-refractivity contribution in [2.24, 2.45) is 5.92 Å². The summed E-state index contributed by atoms with van der Waals surface area (Å²) in [4.78, 5) is 23.3. The lowest BCUT2D eigenvalue weighted by molar-refractivity contribution is -0.131. The molecule has 0 aliphatic carbocycles. The average molecular weight is 321 g/mol. The summed E-state index contributed by atoms with van der Waals surface area (Å²) in [6.07, 6.45) is 3.29. The molecule has 0 fully saturated rings. The Morgan fingerprint density at radius 3 is 2.43 bits per heavy atom. The maximum Gasteiger partial charge on any atom is 0.315 e. The molecule has 1 atom stereocenters. The molecule has 3 amide bonds. The first-order valence-corrected chi connectivity index (χ1v) is 8.05. The molecule has 128 valence electrons. The topological polar surface area (TPSA) is 90.5 Å². The lowest BCUT2D eigenvalue weighted by Crippen LogP contribution is -2.50. The van der Waals surface area contributed by atoms with Gasteiger partial charge in [-0.05, 0) is 37.2 Å². The molecule has 4 N–H and O–H groups in total. The van der Waals surface area contributed by atoms with Gasteiger partial charge in [-0.1, -0.05) is 44.2 Å². The number of nitrogens with one attached hydrogen (secondary N) is 3. The Morgan fingerprint density at radius 2 is 1.83 bits per heavy atom. The quantitative estimate of drug-likeness (QED) is 0.319. The molecule has 6 heteroatoms. The molecule has 0 saturated carbocycles. The molecular weight excluding hydrogens is 294 g/mol. The zero-order valence-electron chi connectivity index (χ0n) is 13.8. The molecular formula is C17H27N3O3. The molecule has 0 unspecified atom stereocenters. The SMILES string of the molecule is CC(C)C[C@H](NC(=O)NCCCCc1ccccc1)C(=O)NO. The van der Waals surface area contributed by atoms with Gasteiger partial charge in [0.2, 0.25) is 0 Å². The van der Waals surface area contributed by atoms with Crippen LogP contribution in [0.1, 0.15) is 38.7 Å². The molecule has 23 heavy (non-hydrogen) atoms. The van der Waals surface area contributed by atoms with Crippen molar-refractivity contribution in [3.8, 4) is 0 Å². The Hall–Kier alpha value is -2.08. The number of hydroxylamine groups is 1. The summed E-state index contributed by atoms with van der Waals surface area (Å²) in [6, 6.07) is 9.08. The van der Waals surface area contributed by atoms with Gasteiger partial charge in [0.25, 0.3) is 5.91 Å². The monoisotopic (exact) mass is 321 g/mol. The molecule has 0 aliphatic rings. The van der Waals surface area contributed by atoms with Gasteiger partial charge in [0, 0.05) is 6.54 Å². The second-order valence-corrected chi connectivity index (χ2v) is 6.00. The van der Waals surface area contributed by atoms with Crippen LogP contribution in [-0.2, 0) is 11.2 Å². The van der Waals surface area contributed by atoms with Crippen LogP contribution in [0.15, 0.2) is 30.3 Å². The van der Waals surface area contributed by atoms with E-state index in [0.717, 1.165) is 19.3 Å². The molecule has 1 rings (SSSR count). The van der Waals surface area contributed by atoms with Gasteiger partial charge in [0.05, 0.1) is 0 Å². The zero-order valence-corrected chi connectivity index (χ0v) is 13.8. The van der Waals surface area contributed by atoms with Crippen LogP contribution in [0.5, 0.6) is 0 Å². The van der Waals surface area contributed by atoms with Crippen LogP contribution in [-0.4, -0.2) is 29.7 Å². The van der Waals surface area contributed by atoms with E-state index in [0.29, 0.717) is 13.0 Å². The van der Waals surface area contributed by atoms with Crippen LogP contribution in [0.4, 0.5) is 4.79 Å². The van der Waals surface area contributed by atoms with E-state index < -0.39 is 11.9 Å². The Bertz CT molecular complexity index is 477. The summed E-state index contributed by atoms with van der Waals surface area (Å²) in [5, 5.41) is 14.0. The number of rotatable bonds is 9. The van der Waals surface area contributed by atoms with E-state index in [2.05, 4.69) is 22.8 Å². The first kappa shape index (κ1) is 19.0. The number of aryl methyl sites for hydroxylation is 1. The molecule has 0 saturated heterocycles.